The van der Waals surface area contributed by atoms with Gasteiger partial charge in [0, 0.05) is 11.8 Å². The van der Waals surface area contributed by atoms with Crippen LogP contribution in [0.4, 0.5) is 0 Å². The lowest BCUT2D eigenvalue weighted by molar-refractivity contribution is -0.141. The van der Waals surface area contributed by atoms with Crippen molar-refractivity contribution in [3.63, 3.8) is 0 Å². The first kappa shape index (κ1) is 19.6. The molecule has 0 aliphatic heterocycles. The number of imidazole rings is 1. The van der Waals surface area contributed by atoms with Gasteiger partial charge in [-0.15, -0.1) is 0 Å². The quantitative estimate of drug-likeness (QED) is 0.687. The molecule has 3 rings (SSSR count). The largest absolute Gasteiger partial charge is 0.480 e. The molecule has 0 bridgehead atoms. The maximum Gasteiger partial charge on any atom is 0.326 e. The number of aryl methyl sites for hydroxylation is 3. The molecule has 2 heterocycles. The number of aromatic nitrogens is 2. The Morgan fingerprint density at radius 3 is 2.54 bits per heavy atom. The average molecular weight is 379 g/mol. The van der Waals surface area contributed by atoms with E-state index in [1.54, 1.807) is 6.92 Å². The summed E-state index contributed by atoms with van der Waals surface area (Å²) < 4.78 is 1.92. The number of carboxylic acid groups (broad SMARTS) is 1. The van der Waals surface area contributed by atoms with Crippen molar-refractivity contribution >= 4 is 17.5 Å². The van der Waals surface area contributed by atoms with Crippen LogP contribution in [0.5, 0.6) is 0 Å². The number of pyridine rings is 1. The van der Waals surface area contributed by atoms with Crippen LogP contribution in [0.15, 0.2) is 36.5 Å². The Labute approximate surface area is 164 Å². The molecular formula is C22H25N3O3. The van der Waals surface area contributed by atoms with E-state index in [1.807, 2.05) is 48.7 Å². The third kappa shape index (κ3) is 3.76. The SMILES string of the molecule is CCC(NC(=O)Cc1c(-c2ccc(C)c(C)c2)nc2c(C)cccn12)C(=O)O. The fourth-order valence-electron chi connectivity index (χ4n) is 3.28. The molecule has 0 fully saturated rings. The number of nitrogens with one attached hydrogen (secondary N) is 1. The normalized spacial score (nSPS) is 12.1. The number of rotatable bonds is 6. The highest BCUT2D eigenvalue weighted by Gasteiger charge is 2.22. The lowest BCUT2D eigenvalue weighted by atomic mass is 10.0. The molecule has 0 radical (unpaired) electrons. The van der Waals surface area contributed by atoms with Gasteiger partial charge in [-0.3, -0.25) is 4.79 Å². The minimum absolute atomic E-state index is 0.0522. The molecule has 0 saturated heterocycles. The molecule has 2 aromatic heterocycles. The Hall–Kier alpha value is -3.15. The summed E-state index contributed by atoms with van der Waals surface area (Å²) in [5, 5.41) is 11.8. The molecule has 1 atom stereocenters. The molecule has 0 aliphatic carbocycles. The standard InChI is InChI=1S/C22H25N3O3/c1-5-17(22(27)28)23-19(26)12-18-20(16-9-8-13(2)15(4)11-16)24-21-14(3)7-6-10-25(18)21/h6-11,17H,5,12H2,1-4H3,(H,23,26)(H,27,28). The molecule has 146 valence electrons. The van der Waals surface area contributed by atoms with Gasteiger partial charge in [0.15, 0.2) is 0 Å². The maximum absolute atomic E-state index is 12.6. The number of carbonyl (C=O) groups is 2. The second-order valence-corrected chi connectivity index (χ2v) is 7.13. The van der Waals surface area contributed by atoms with E-state index in [0.29, 0.717) is 6.42 Å². The van der Waals surface area contributed by atoms with Gasteiger partial charge >= 0.3 is 5.97 Å². The average Bonchev–Trinajstić information content (AvgIpc) is 3.01. The fraction of sp³-hybridized carbons (Fsp3) is 0.318. The van der Waals surface area contributed by atoms with Gasteiger partial charge in [-0.25, -0.2) is 9.78 Å². The number of hydrogen-bond acceptors (Lipinski definition) is 3. The number of benzene rings is 1. The summed E-state index contributed by atoms with van der Waals surface area (Å²) in [4.78, 5) is 28.7. The van der Waals surface area contributed by atoms with Crippen molar-refractivity contribution in [3.05, 3.63) is 58.9 Å². The van der Waals surface area contributed by atoms with Crippen LogP contribution in [-0.4, -0.2) is 32.4 Å². The number of fused-ring (bicyclic) bond motifs is 1. The Morgan fingerprint density at radius 2 is 1.89 bits per heavy atom. The third-order valence-corrected chi connectivity index (χ3v) is 5.09. The Kier molecular flexibility index (Phi) is 5.49. The summed E-state index contributed by atoms with van der Waals surface area (Å²) in [7, 11) is 0. The van der Waals surface area contributed by atoms with Crippen LogP contribution in [0, 0.1) is 20.8 Å². The van der Waals surface area contributed by atoms with Gasteiger partial charge in [0.05, 0.1) is 17.8 Å². The highest BCUT2D eigenvalue weighted by molar-refractivity contribution is 5.86. The number of carbonyl (C=O) groups excluding carboxylic acids is 1. The smallest absolute Gasteiger partial charge is 0.326 e. The predicted molar refractivity (Wildman–Crippen MR) is 108 cm³/mol. The van der Waals surface area contributed by atoms with Crippen molar-refractivity contribution in [3.8, 4) is 11.3 Å². The predicted octanol–water partition coefficient (Wildman–Crippen LogP) is 3.45. The zero-order valence-corrected chi connectivity index (χ0v) is 16.6. The van der Waals surface area contributed by atoms with Gasteiger partial charge in [0.1, 0.15) is 11.7 Å². The summed E-state index contributed by atoms with van der Waals surface area (Å²) in [6, 6.07) is 9.13. The van der Waals surface area contributed by atoms with Crippen molar-refractivity contribution in [1.82, 2.24) is 14.7 Å². The van der Waals surface area contributed by atoms with Crippen LogP contribution in [0.3, 0.4) is 0 Å². The molecule has 6 nitrogen and oxygen atoms in total. The molecule has 1 unspecified atom stereocenters. The zero-order valence-electron chi connectivity index (χ0n) is 16.6. The van der Waals surface area contributed by atoms with E-state index in [0.717, 1.165) is 33.7 Å². The van der Waals surface area contributed by atoms with Crippen LogP contribution >= 0.6 is 0 Å². The van der Waals surface area contributed by atoms with Gasteiger partial charge in [0.25, 0.3) is 0 Å². The number of hydrogen-bond donors (Lipinski definition) is 2. The first-order chi connectivity index (χ1) is 13.3. The number of aliphatic carboxylic acids is 1. The number of amides is 1. The first-order valence-corrected chi connectivity index (χ1v) is 9.38. The maximum atomic E-state index is 12.6. The minimum Gasteiger partial charge on any atom is -0.480 e. The lowest BCUT2D eigenvalue weighted by Crippen LogP contribution is -2.41. The summed E-state index contributed by atoms with van der Waals surface area (Å²) in [5.74, 6) is -1.36. The summed E-state index contributed by atoms with van der Waals surface area (Å²) in [6.45, 7) is 7.81. The van der Waals surface area contributed by atoms with E-state index in [1.165, 1.54) is 5.56 Å². The fourth-order valence-corrected chi connectivity index (χ4v) is 3.28. The molecule has 2 N–H and O–H groups in total. The molecule has 3 aromatic rings. The van der Waals surface area contributed by atoms with E-state index in [2.05, 4.69) is 18.3 Å². The highest BCUT2D eigenvalue weighted by atomic mass is 16.4. The Morgan fingerprint density at radius 1 is 1.14 bits per heavy atom. The second kappa shape index (κ2) is 7.84. The summed E-state index contributed by atoms with van der Waals surface area (Å²) in [6.07, 6.45) is 2.27. The van der Waals surface area contributed by atoms with E-state index < -0.39 is 12.0 Å². The van der Waals surface area contributed by atoms with E-state index in [4.69, 9.17) is 4.98 Å². The third-order valence-electron chi connectivity index (χ3n) is 5.09. The van der Waals surface area contributed by atoms with Crippen LogP contribution in [-0.2, 0) is 16.0 Å². The van der Waals surface area contributed by atoms with Crippen molar-refractivity contribution in [1.29, 1.82) is 0 Å². The Balaban J connectivity index is 2.07. The molecule has 28 heavy (non-hydrogen) atoms. The lowest BCUT2D eigenvalue weighted by Gasteiger charge is -2.13. The molecule has 1 amide bonds. The van der Waals surface area contributed by atoms with Gasteiger partial charge in [0.2, 0.25) is 5.91 Å². The molecule has 0 saturated carbocycles. The van der Waals surface area contributed by atoms with Crippen LogP contribution < -0.4 is 5.32 Å². The second-order valence-electron chi connectivity index (χ2n) is 7.13. The van der Waals surface area contributed by atoms with Crippen molar-refractivity contribution in [2.24, 2.45) is 0 Å². The van der Waals surface area contributed by atoms with Gasteiger partial charge in [-0.05, 0) is 56.0 Å². The Bertz CT molecular complexity index is 1050. The van der Waals surface area contributed by atoms with Gasteiger partial charge in [-0.2, -0.15) is 0 Å². The van der Waals surface area contributed by atoms with E-state index in [9.17, 15) is 14.7 Å². The monoisotopic (exact) mass is 379 g/mol. The van der Waals surface area contributed by atoms with Crippen LogP contribution in [0.25, 0.3) is 16.9 Å². The molecule has 0 spiro atoms. The summed E-state index contributed by atoms with van der Waals surface area (Å²) in [5.41, 5.74) is 6.59. The summed E-state index contributed by atoms with van der Waals surface area (Å²) >= 11 is 0. The van der Waals surface area contributed by atoms with Crippen molar-refractivity contribution < 1.29 is 14.7 Å². The van der Waals surface area contributed by atoms with E-state index >= 15 is 0 Å². The van der Waals surface area contributed by atoms with Crippen LogP contribution in [0.2, 0.25) is 0 Å². The van der Waals surface area contributed by atoms with Gasteiger partial charge in [-0.1, -0.05) is 25.1 Å². The topological polar surface area (TPSA) is 83.7 Å². The first-order valence-electron chi connectivity index (χ1n) is 9.38. The van der Waals surface area contributed by atoms with Crippen molar-refractivity contribution in [2.45, 2.75) is 46.6 Å². The van der Waals surface area contributed by atoms with Crippen LogP contribution in [0.1, 0.15) is 35.7 Å². The minimum atomic E-state index is -1.03. The number of carboxylic acids is 1. The zero-order chi connectivity index (χ0) is 20.4. The molecular weight excluding hydrogens is 354 g/mol. The van der Waals surface area contributed by atoms with E-state index in [-0.39, 0.29) is 12.3 Å². The van der Waals surface area contributed by atoms with Crippen molar-refractivity contribution in [2.75, 3.05) is 0 Å². The molecule has 6 heteroatoms. The molecule has 0 aliphatic rings. The number of nitrogens with zero attached hydrogens (tertiary/aromatic N) is 2. The van der Waals surface area contributed by atoms with Gasteiger partial charge < -0.3 is 14.8 Å². The molecule has 1 aromatic carbocycles. The highest BCUT2D eigenvalue weighted by Crippen LogP contribution is 2.28.